The number of nitriles is 1. The summed E-state index contributed by atoms with van der Waals surface area (Å²) < 4.78 is 5.42. The third-order valence-electron chi connectivity index (χ3n) is 4.70. The van der Waals surface area contributed by atoms with Gasteiger partial charge in [0.15, 0.2) is 6.19 Å². The second-order valence-corrected chi connectivity index (χ2v) is 6.58. The van der Waals surface area contributed by atoms with Gasteiger partial charge in [0.25, 0.3) is 0 Å². The molecule has 0 saturated carbocycles. The molecule has 0 bridgehead atoms. The van der Waals surface area contributed by atoms with E-state index in [1.807, 2.05) is 12.1 Å². The summed E-state index contributed by atoms with van der Waals surface area (Å²) in [4.78, 5) is 18.2. The van der Waals surface area contributed by atoms with Gasteiger partial charge in [-0.15, -0.1) is 0 Å². The minimum Gasteiger partial charge on any atom is -0.338 e. The Hall–Kier alpha value is -2.56. The van der Waals surface area contributed by atoms with E-state index in [0.717, 1.165) is 18.7 Å². The molecular weight excluding hydrogens is 342 g/mol. The fourth-order valence-corrected chi connectivity index (χ4v) is 3.43. The maximum absolute atomic E-state index is 12.9. The van der Waals surface area contributed by atoms with Gasteiger partial charge in [0.2, 0.25) is 11.8 Å². The number of carbonyl (C=O) groups excluding carboxylic acids is 1. The summed E-state index contributed by atoms with van der Waals surface area (Å²) in [6.45, 7) is 3.13. The largest absolute Gasteiger partial charge is 0.338 e. The van der Waals surface area contributed by atoms with Crippen molar-refractivity contribution < 1.29 is 9.32 Å². The summed E-state index contributed by atoms with van der Waals surface area (Å²) in [5, 5.41) is 13.8. The Bertz CT molecular complexity index is 828. The van der Waals surface area contributed by atoms with Crippen molar-refractivity contribution in [1.29, 1.82) is 5.26 Å². The molecule has 2 aliphatic rings. The molecule has 1 unspecified atom stereocenters. The molecule has 8 heteroatoms. The van der Waals surface area contributed by atoms with Crippen molar-refractivity contribution in [3.05, 3.63) is 35.4 Å². The number of piperazine rings is 2. The first kappa shape index (κ1) is 15.9. The standard InChI is InChI=1S/C17H16ClN5O2/c18-13-3-1-12(2-4-13)14-9-16(25-20-14)23-8-7-22-6-5-21(11-19)10-15(22)17(23)24/h1-4,9,15H,5-8,10H2. The molecule has 4 rings (SSSR count). The first-order valence-corrected chi connectivity index (χ1v) is 8.46. The van der Waals surface area contributed by atoms with E-state index in [1.165, 1.54) is 0 Å². The number of benzene rings is 1. The molecule has 1 aromatic heterocycles. The minimum absolute atomic E-state index is 0.0509. The van der Waals surface area contributed by atoms with Crippen LogP contribution in [0.2, 0.25) is 5.02 Å². The van der Waals surface area contributed by atoms with Crippen LogP contribution < -0.4 is 4.90 Å². The van der Waals surface area contributed by atoms with Gasteiger partial charge in [-0.1, -0.05) is 28.9 Å². The molecule has 1 amide bonds. The van der Waals surface area contributed by atoms with Crippen LogP contribution in [-0.2, 0) is 4.79 Å². The maximum atomic E-state index is 12.9. The highest BCUT2D eigenvalue weighted by Crippen LogP contribution is 2.28. The second-order valence-electron chi connectivity index (χ2n) is 6.14. The van der Waals surface area contributed by atoms with Crippen molar-refractivity contribution in [2.75, 3.05) is 37.6 Å². The van der Waals surface area contributed by atoms with Gasteiger partial charge in [-0.2, -0.15) is 5.26 Å². The van der Waals surface area contributed by atoms with Crippen LogP contribution in [0, 0.1) is 11.5 Å². The Labute approximate surface area is 149 Å². The topological polar surface area (TPSA) is 76.6 Å². The van der Waals surface area contributed by atoms with Crippen molar-refractivity contribution in [1.82, 2.24) is 15.0 Å². The van der Waals surface area contributed by atoms with Crippen LogP contribution in [0.4, 0.5) is 5.88 Å². The average molecular weight is 358 g/mol. The molecule has 2 aromatic rings. The van der Waals surface area contributed by atoms with E-state index in [1.54, 1.807) is 28.0 Å². The molecule has 25 heavy (non-hydrogen) atoms. The van der Waals surface area contributed by atoms with Crippen LogP contribution in [0.15, 0.2) is 34.9 Å². The number of hydrogen-bond donors (Lipinski definition) is 0. The second kappa shape index (κ2) is 6.39. The monoisotopic (exact) mass is 357 g/mol. The first-order chi connectivity index (χ1) is 12.2. The van der Waals surface area contributed by atoms with Gasteiger partial charge in [-0.3, -0.25) is 14.6 Å². The maximum Gasteiger partial charge on any atom is 0.248 e. The summed E-state index contributed by atoms with van der Waals surface area (Å²) in [6.07, 6.45) is 2.13. The van der Waals surface area contributed by atoms with Gasteiger partial charge in [0, 0.05) is 42.8 Å². The van der Waals surface area contributed by atoms with Crippen molar-refractivity contribution in [2.24, 2.45) is 0 Å². The Morgan fingerprint density at radius 1 is 1.20 bits per heavy atom. The highest BCUT2D eigenvalue weighted by molar-refractivity contribution is 6.30. The molecule has 0 aliphatic carbocycles. The van der Waals surface area contributed by atoms with Crippen LogP contribution in [0.5, 0.6) is 0 Å². The van der Waals surface area contributed by atoms with E-state index < -0.39 is 0 Å². The fraction of sp³-hybridized carbons (Fsp3) is 0.353. The van der Waals surface area contributed by atoms with Crippen LogP contribution in [0.3, 0.4) is 0 Å². The minimum atomic E-state index is -0.314. The highest BCUT2D eigenvalue weighted by Gasteiger charge is 2.40. The first-order valence-electron chi connectivity index (χ1n) is 8.08. The Kier molecular flexibility index (Phi) is 4.07. The number of anilines is 1. The van der Waals surface area contributed by atoms with Crippen LogP contribution in [0.1, 0.15) is 0 Å². The molecule has 0 spiro atoms. The zero-order valence-electron chi connectivity index (χ0n) is 13.4. The lowest BCUT2D eigenvalue weighted by Gasteiger charge is -2.44. The third-order valence-corrected chi connectivity index (χ3v) is 4.95. The van der Waals surface area contributed by atoms with E-state index in [2.05, 4.69) is 16.2 Å². The molecule has 7 nitrogen and oxygen atoms in total. The van der Waals surface area contributed by atoms with Gasteiger partial charge in [-0.25, -0.2) is 0 Å². The predicted molar refractivity (Wildman–Crippen MR) is 91.8 cm³/mol. The zero-order chi connectivity index (χ0) is 17.4. The van der Waals surface area contributed by atoms with Crippen LogP contribution in [-0.4, -0.2) is 59.6 Å². The van der Waals surface area contributed by atoms with Crippen LogP contribution >= 0.6 is 11.6 Å². The van der Waals surface area contributed by atoms with Crippen molar-refractivity contribution >= 4 is 23.4 Å². The molecule has 128 valence electrons. The summed E-state index contributed by atoms with van der Waals surface area (Å²) >= 11 is 5.91. The average Bonchev–Trinajstić information content (AvgIpc) is 3.12. The number of fused-ring (bicyclic) bond motifs is 1. The van der Waals surface area contributed by atoms with Gasteiger partial charge >= 0.3 is 0 Å². The lowest BCUT2D eigenvalue weighted by atomic mass is 10.1. The predicted octanol–water partition coefficient (Wildman–Crippen LogP) is 1.81. The summed E-state index contributed by atoms with van der Waals surface area (Å²) in [6, 6.07) is 8.74. The van der Waals surface area contributed by atoms with E-state index in [9.17, 15) is 4.79 Å². The summed E-state index contributed by atoms with van der Waals surface area (Å²) in [5.74, 6) is 0.383. The quantitative estimate of drug-likeness (QED) is 0.763. The number of rotatable bonds is 2. The molecule has 1 atom stereocenters. The summed E-state index contributed by atoms with van der Waals surface area (Å²) in [7, 11) is 0. The molecule has 0 N–H and O–H groups in total. The van der Waals surface area contributed by atoms with Crippen molar-refractivity contribution in [2.45, 2.75) is 6.04 Å². The third kappa shape index (κ3) is 2.95. The number of hydrogen-bond acceptors (Lipinski definition) is 6. The van der Waals surface area contributed by atoms with Crippen LogP contribution in [0.25, 0.3) is 11.3 Å². The number of amides is 1. The normalized spacial score (nSPS) is 21.1. The Balaban J connectivity index is 1.55. The Morgan fingerprint density at radius 3 is 2.72 bits per heavy atom. The van der Waals surface area contributed by atoms with Gasteiger partial charge < -0.3 is 9.42 Å². The number of halogens is 1. The van der Waals surface area contributed by atoms with Crippen molar-refractivity contribution in [3.63, 3.8) is 0 Å². The molecule has 2 aliphatic heterocycles. The van der Waals surface area contributed by atoms with Crippen molar-refractivity contribution in [3.8, 4) is 17.5 Å². The van der Waals surface area contributed by atoms with Gasteiger partial charge in [0.1, 0.15) is 11.7 Å². The zero-order valence-corrected chi connectivity index (χ0v) is 14.2. The Morgan fingerprint density at radius 2 is 1.96 bits per heavy atom. The SMILES string of the molecule is N#CN1CCN2CCN(c3cc(-c4ccc(Cl)cc4)no3)C(=O)C2C1. The molecule has 1 aromatic carbocycles. The lowest BCUT2D eigenvalue weighted by Crippen LogP contribution is -2.64. The number of carbonyl (C=O) groups is 1. The van der Waals surface area contributed by atoms with Gasteiger partial charge in [0.05, 0.1) is 6.54 Å². The fourth-order valence-electron chi connectivity index (χ4n) is 3.30. The van der Waals surface area contributed by atoms with E-state index in [0.29, 0.717) is 36.2 Å². The molecular formula is C17H16ClN5O2. The van der Waals surface area contributed by atoms with E-state index in [4.69, 9.17) is 21.4 Å². The molecule has 2 fully saturated rings. The molecule has 2 saturated heterocycles. The smallest absolute Gasteiger partial charge is 0.248 e. The lowest BCUT2D eigenvalue weighted by molar-refractivity contribution is -0.128. The summed E-state index contributed by atoms with van der Waals surface area (Å²) in [5.41, 5.74) is 1.53. The van der Waals surface area contributed by atoms with E-state index >= 15 is 0 Å². The molecule has 3 heterocycles. The highest BCUT2D eigenvalue weighted by atomic mass is 35.5. The number of aromatic nitrogens is 1. The molecule has 0 radical (unpaired) electrons. The number of nitrogens with zero attached hydrogens (tertiary/aromatic N) is 5. The van der Waals surface area contributed by atoms with E-state index in [-0.39, 0.29) is 11.9 Å². The van der Waals surface area contributed by atoms with Gasteiger partial charge in [-0.05, 0) is 12.1 Å².